The number of aromatic nitrogens is 2. The van der Waals surface area contributed by atoms with E-state index in [-0.39, 0.29) is 0 Å². The number of hydrogen-bond acceptors (Lipinski definition) is 4. The average Bonchev–Trinajstić information content (AvgIpc) is 2.52. The van der Waals surface area contributed by atoms with E-state index in [1.807, 2.05) is 0 Å². The van der Waals surface area contributed by atoms with Gasteiger partial charge in [-0.2, -0.15) is 0 Å². The second-order valence-electron chi connectivity index (χ2n) is 3.91. The first-order chi connectivity index (χ1) is 7.75. The maximum atomic E-state index is 5.94. The van der Waals surface area contributed by atoms with Crippen LogP contribution in [0.25, 0.3) is 0 Å². The van der Waals surface area contributed by atoms with Crippen LogP contribution in [0.15, 0.2) is 6.07 Å². The minimum atomic E-state index is 0.355. The highest BCUT2D eigenvalue weighted by Gasteiger charge is 2.13. The zero-order chi connectivity index (χ0) is 11.4. The van der Waals surface area contributed by atoms with E-state index in [0.717, 1.165) is 25.2 Å². The first kappa shape index (κ1) is 11.9. The zero-order valence-electron chi connectivity index (χ0n) is 8.84. The summed E-state index contributed by atoms with van der Waals surface area (Å²) in [6.45, 7) is 2.03. The zero-order valence-corrected chi connectivity index (χ0v) is 10.4. The van der Waals surface area contributed by atoms with Crippen molar-refractivity contribution < 1.29 is 0 Å². The minimum absolute atomic E-state index is 0.355. The van der Waals surface area contributed by atoms with Gasteiger partial charge in [-0.25, -0.2) is 0 Å². The molecule has 2 N–H and O–H groups in total. The van der Waals surface area contributed by atoms with Crippen LogP contribution in [0.2, 0.25) is 10.3 Å². The lowest BCUT2D eigenvalue weighted by Crippen LogP contribution is -2.31. The third kappa shape index (κ3) is 3.20. The van der Waals surface area contributed by atoms with Gasteiger partial charge in [0, 0.05) is 18.7 Å². The van der Waals surface area contributed by atoms with Crippen LogP contribution in [0, 0.1) is 0 Å². The molecular formula is C10H14Cl2N4. The van der Waals surface area contributed by atoms with Crippen molar-refractivity contribution in [2.75, 3.05) is 18.4 Å². The number of nitrogens with zero attached hydrogens (tertiary/aromatic N) is 2. The Morgan fingerprint density at radius 2 is 2.19 bits per heavy atom. The SMILES string of the molecule is Clc1cc(NC2CCCCNC2)c(Cl)nn1. The Hall–Kier alpha value is -0.580. The van der Waals surface area contributed by atoms with Gasteiger partial charge in [-0.3, -0.25) is 0 Å². The van der Waals surface area contributed by atoms with Gasteiger partial charge in [0.15, 0.2) is 10.3 Å². The van der Waals surface area contributed by atoms with Crippen molar-refractivity contribution in [2.24, 2.45) is 0 Å². The fourth-order valence-electron chi connectivity index (χ4n) is 1.82. The molecule has 1 aromatic heterocycles. The van der Waals surface area contributed by atoms with E-state index < -0.39 is 0 Å². The fraction of sp³-hybridized carbons (Fsp3) is 0.600. The molecule has 0 aliphatic carbocycles. The second kappa shape index (κ2) is 5.66. The molecule has 6 heteroatoms. The summed E-state index contributed by atoms with van der Waals surface area (Å²) in [5.74, 6) is 0. The van der Waals surface area contributed by atoms with Crippen molar-refractivity contribution >= 4 is 28.9 Å². The normalized spacial score (nSPS) is 21.5. The summed E-state index contributed by atoms with van der Waals surface area (Å²) in [5, 5.41) is 14.9. The van der Waals surface area contributed by atoms with Gasteiger partial charge < -0.3 is 10.6 Å². The molecule has 1 unspecified atom stereocenters. The molecule has 0 spiro atoms. The summed E-state index contributed by atoms with van der Waals surface area (Å²) in [5.41, 5.74) is 0.760. The molecule has 1 fully saturated rings. The average molecular weight is 261 g/mol. The number of rotatable bonds is 2. The molecule has 0 amide bonds. The Bertz CT molecular complexity index is 351. The highest BCUT2D eigenvalue weighted by Crippen LogP contribution is 2.22. The Labute approximate surface area is 105 Å². The van der Waals surface area contributed by atoms with Gasteiger partial charge in [0.25, 0.3) is 0 Å². The lowest BCUT2D eigenvalue weighted by molar-refractivity contribution is 0.635. The van der Waals surface area contributed by atoms with Gasteiger partial charge in [-0.15, -0.1) is 10.2 Å². The smallest absolute Gasteiger partial charge is 0.174 e. The molecule has 1 saturated heterocycles. The van der Waals surface area contributed by atoms with E-state index in [9.17, 15) is 0 Å². The second-order valence-corrected chi connectivity index (χ2v) is 4.66. The Morgan fingerprint density at radius 1 is 1.31 bits per heavy atom. The van der Waals surface area contributed by atoms with Crippen LogP contribution in [0.1, 0.15) is 19.3 Å². The summed E-state index contributed by atoms with van der Waals surface area (Å²) in [6.07, 6.45) is 3.57. The van der Waals surface area contributed by atoms with Crippen LogP contribution in [0.5, 0.6) is 0 Å². The molecule has 16 heavy (non-hydrogen) atoms. The first-order valence-electron chi connectivity index (χ1n) is 5.41. The molecule has 0 bridgehead atoms. The van der Waals surface area contributed by atoms with E-state index in [0.29, 0.717) is 16.3 Å². The Balaban J connectivity index is 2.04. The van der Waals surface area contributed by atoms with Gasteiger partial charge in [0.2, 0.25) is 0 Å². The molecule has 0 saturated carbocycles. The van der Waals surface area contributed by atoms with Crippen LogP contribution in [-0.4, -0.2) is 29.3 Å². The van der Waals surface area contributed by atoms with Crippen molar-refractivity contribution in [3.63, 3.8) is 0 Å². The molecule has 0 aromatic carbocycles. The molecule has 2 heterocycles. The molecule has 88 valence electrons. The minimum Gasteiger partial charge on any atom is -0.378 e. The third-order valence-corrected chi connectivity index (χ3v) is 3.09. The lowest BCUT2D eigenvalue weighted by Gasteiger charge is -2.18. The third-order valence-electron chi connectivity index (χ3n) is 2.63. The quantitative estimate of drug-likeness (QED) is 0.857. The molecule has 1 aliphatic heterocycles. The topological polar surface area (TPSA) is 49.8 Å². The van der Waals surface area contributed by atoms with E-state index in [4.69, 9.17) is 23.2 Å². The summed E-state index contributed by atoms with van der Waals surface area (Å²) < 4.78 is 0. The van der Waals surface area contributed by atoms with Crippen molar-refractivity contribution in [2.45, 2.75) is 25.3 Å². The summed E-state index contributed by atoms with van der Waals surface area (Å²) in [6, 6.07) is 2.09. The first-order valence-corrected chi connectivity index (χ1v) is 6.17. The van der Waals surface area contributed by atoms with Crippen molar-refractivity contribution in [3.8, 4) is 0 Å². The van der Waals surface area contributed by atoms with Gasteiger partial charge in [0.1, 0.15) is 0 Å². The van der Waals surface area contributed by atoms with Gasteiger partial charge in [-0.1, -0.05) is 29.6 Å². The maximum absolute atomic E-state index is 5.94. The van der Waals surface area contributed by atoms with E-state index in [2.05, 4.69) is 20.8 Å². The number of anilines is 1. The van der Waals surface area contributed by atoms with Gasteiger partial charge in [0.05, 0.1) is 5.69 Å². The summed E-state index contributed by atoms with van der Waals surface area (Å²) in [4.78, 5) is 0. The monoisotopic (exact) mass is 260 g/mol. The van der Waals surface area contributed by atoms with E-state index >= 15 is 0 Å². The summed E-state index contributed by atoms with van der Waals surface area (Å²) in [7, 11) is 0. The van der Waals surface area contributed by atoms with Crippen LogP contribution in [-0.2, 0) is 0 Å². The van der Waals surface area contributed by atoms with Gasteiger partial charge in [-0.05, 0) is 19.4 Å². The van der Waals surface area contributed by atoms with E-state index in [1.165, 1.54) is 12.8 Å². The molecule has 4 nitrogen and oxygen atoms in total. The standard InChI is InChI=1S/C10H14Cl2N4/c11-9-5-8(10(12)16-15-9)14-7-3-1-2-4-13-6-7/h5,7,13H,1-4,6H2,(H,14,15). The number of nitrogens with one attached hydrogen (secondary N) is 2. The highest BCUT2D eigenvalue weighted by atomic mass is 35.5. The predicted octanol–water partition coefficient (Wildman–Crippen LogP) is 2.34. The fourth-order valence-corrected chi connectivity index (χ4v) is 2.11. The molecule has 0 radical (unpaired) electrons. The largest absolute Gasteiger partial charge is 0.378 e. The van der Waals surface area contributed by atoms with Crippen LogP contribution in [0.4, 0.5) is 5.69 Å². The lowest BCUT2D eigenvalue weighted by atomic mass is 10.1. The highest BCUT2D eigenvalue weighted by molar-refractivity contribution is 6.33. The number of hydrogen-bond donors (Lipinski definition) is 2. The van der Waals surface area contributed by atoms with Crippen LogP contribution < -0.4 is 10.6 Å². The Kier molecular flexibility index (Phi) is 4.21. The van der Waals surface area contributed by atoms with Crippen molar-refractivity contribution in [1.82, 2.24) is 15.5 Å². The molecule has 1 atom stereocenters. The van der Waals surface area contributed by atoms with Crippen LogP contribution >= 0.6 is 23.2 Å². The molecule has 1 aliphatic rings. The van der Waals surface area contributed by atoms with E-state index in [1.54, 1.807) is 6.07 Å². The molecule has 2 rings (SSSR count). The Morgan fingerprint density at radius 3 is 3.06 bits per heavy atom. The van der Waals surface area contributed by atoms with Crippen molar-refractivity contribution in [3.05, 3.63) is 16.4 Å². The van der Waals surface area contributed by atoms with Crippen molar-refractivity contribution in [1.29, 1.82) is 0 Å². The number of halogens is 2. The molecular weight excluding hydrogens is 247 g/mol. The molecule has 1 aromatic rings. The van der Waals surface area contributed by atoms with Gasteiger partial charge >= 0.3 is 0 Å². The predicted molar refractivity (Wildman–Crippen MR) is 66.2 cm³/mol. The maximum Gasteiger partial charge on any atom is 0.174 e. The van der Waals surface area contributed by atoms with Crippen LogP contribution in [0.3, 0.4) is 0 Å². The summed E-state index contributed by atoms with van der Waals surface area (Å²) >= 11 is 11.7.